The predicted octanol–water partition coefficient (Wildman–Crippen LogP) is 2.51. The fourth-order valence-corrected chi connectivity index (χ4v) is 2.40. The summed E-state index contributed by atoms with van der Waals surface area (Å²) in [6.45, 7) is 0. The van der Waals surface area contributed by atoms with Crippen LogP contribution in [0.15, 0.2) is 30.6 Å². The van der Waals surface area contributed by atoms with Gasteiger partial charge >= 0.3 is 0 Å². The van der Waals surface area contributed by atoms with Gasteiger partial charge in [0.25, 0.3) is 0 Å². The number of nitrogens with zero attached hydrogens (tertiary/aromatic N) is 2. The zero-order chi connectivity index (χ0) is 11.7. The molecule has 1 N–H and O–H groups in total. The van der Waals surface area contributed by atoms with Crippen LogP contribution >= 0.6 is 11.6 Å². The molecule has 0 saturated carbocycles. The molecule has 3 nitrogen and oxygen atoms in total. The zero-order valence-electron chi connectivity index (χ0n) is 9.15. The molecule has 1 heterocycles. The maximum atomic E-state index is 5.98. The first-order chi connectivity index (χ1) is 8.31. The van der Waals surface area contributed by atoms with Gasteiger partial charge in [-0.05, 0) is 36.1 Å². The fourth-order valence-electron chi connectivity index (χ4n) is 2.21. The standard InChI is InChI=1S/C13H11ClN3/c14-11-3-2-9-7-12(8-10(9)6-11)17-13-15-4-1-5-16-13/h2-6,12H,7-8H2,(H,15,16,17). The molecule has 1 atom stereocenters. The molecule has 1 aromatic heterocycles. The van der Waals surface area contributed by atoms with E-state index in [0.717, 1.165) is 17.9 Å². The first kappa shape index (κ1) is 10.5. The van der Waals surface area contributed by atoms with E-state index in [1.807, 2.05) is 12.1 Å². The van der Waals surface area contributed by atoms with Crippen LogP contribution in [0, 0.1) is 6.07 Å². The molecular formula is C13H11ClN3. The molecule has 1 unspecified atom stereocenters. The highest BCUT2D eigenvalue weighted by molar-refractivity contribution is 6.30. The first-order valence-corrected chi connectivity index (χ1v) is 5.91. The number of hydrogen-bond donors (Lipinski definition) is 1. The summed E-state index contributed by atoms with van der Waals surface area (Å²) < 4.78 is 0. The summed E-state index contributed by atoms with van der Waals surface area (Å²) in [5.74, 6) is 0.660. The van der Waals surface area contributed by atoms with E-state index < -0.39 is 0 Å². The number of nitrogens with one attached hydrogen (secondary N) is 1. The minimum Gasteiger partial charge on any atom is -0.351 e. The van der Waals surface area contributed by atoms with Crippen molar-refractivity contribution in [2.45, 2.75) is 18.9 Å². The van der Waals surface area contributed by atoms with E-state index in [1.54, 1.807) is 12.4 Å². The van der Waals surface area contributed by atoms with Crippen molar-refractivity contribution in [2.24, 2.45) is 0 Å². The Morgan fingerprint density at radius 2 is 1.94 bits per heavy atom. The molecule has 0 spiro atoms. The Kier molecular flexibility index (Phi) is 2.69. The molecule has 3 rings (SSSR count). The van der Waals surface area contributed by atoms with Crippen molar-refractivity contribution in [2.75, 3.05) is 5.32 Å². The van der Waals surface area contributed by atoms with E-state index in [9.17, 15) is 0 Å². The molecule has 1 aliphatic rings. The number of anilines is 1. The van der Waals surface area contributed by atoms with E-state index in [2.05, 4.69) is 27.4 Å². The molecule has 4 heteroatoms. The second-order valence-corrected chi connectivity index (χ2v) is 4.61. The van der Waals surface area contributed by atoms with Crippen molar-refractivity contribution in [1.29, 1.82) is 0 Å². The van der Waals surface area contributed by atoms with E-state index in [1.165, 1.54) is 11.1 Å². The Labute approximate surface area is 105 Å². The van der Waals surface area contributed by atoms with Crippen molar-refractivity contribution in [3.05, 3.63) is 52.8 Å². The Morgan fingerprint density at radius 1 is 1.18 bits per heavy atom. The average Bonchev–Trinajstić information content (AvgIpc) is 2.71. The number of rotatable bonds is 2. The molecule has 2 aromatic rings. The van der Waals surface area contributed by atoms with Gasteiger partial charge in [-0.2, -0.15) is 0 Å². The van der Waals surface area contributed by atoms with Crippen molar-refractivity contribution in [1.82, 2.24) is 9.97 Å². The summed E-state index contributed by atoms with van der Waals surface area (Å²) >= 11 is 5.98. The van der Waals surface area contributed by atoms with Crippen molar-refractivity contribution >= 4 is 17.5 Å². The Morgan fingerprint density at radius 3 is 2.76 bits per heavy atom. The second-order valence-electron chi connectivity index (χ2n) is 4.17. The van der Waals surface area contributed by atoms with E-state index in [-0.39, 0.29) is 0 Å². The molecule has 0 bridgehead atoms. The van der Waals surface area contributed by atoms with Crippen molar-refractivity contribution in [3.63, 3.8) is 0 Å². The molecular weight excluding hydrogens is 234 g/mol. The Bertz CT molecular complexity index is 527. The quantitative estimate of drug-likeness (QED) is 0.882. The number of aromatic nitrogens is 2. The summed E-state index contributed by atoms with van der Waals surface area (Å²) in [4.78, 5) is 8.24. The largest absolute Gasteiger partial charge is 0.351 e. The van der Waals surface area contributed by atoms with E-state index >= 15 is 0 Å². The lowest BCUT2D eigenvalue weighted by Crippen LogP contribution is -2.20. The third-order valence-electron chi connectivity index (χ3n) is 2.96. The van der Waals surface area contributed by atoms with E-state index in [0.29, 0.717) is 12.0 Å². The van der Waals surface area contributed by atoms with Gasteiger partial charge in [0.05, 0.1) is 0 Å². The third-order valence-corrected chi connectivity index (χ3v) is 3.19. The third kappa shape index (κ3) is 2.24. The van der Waals surface area contributed by atoms with E-state index in [4.69, 9.17) is 11.6 Å². The summed E-state index contributed by atoms with van der Waals surface area (Å²) in [7, 11) is 0. The lowest BCUT2D eigenvalue weighted by molar-refractivity contribution is 0.761. The molecule has 17 heavy (non-hydrogen) atoms. The van der Waals surface area contributed by atoms with Gasteiger partial charge in [0, 0.05) is 29.5 Å². The number of fused-ring (bicyclic) bond motifs is 1. The van der Waals surface area contributed by atoms with Crippen molar-refractivity contribution < 1.29 is 0 Å². The lowest BCUT2D eigenvalue weighted by atomic mass is 10.1. The smallest absolute Gasteiger partial charge is 0.222 e. The maximum Gasteiger partial charge on any atom is 0.222 e. The summed E-state index contributed by atoms with van der Waals surface area (Å²) in [6, 6.07) is 9.23. The number of halogens is 1. The summed E-state index contributed by atoms with van der Waals surface area (Å²) in [5, 5.41) is 4.12. The van der Waals surface area contributed by atoms with Crippen LogP contribution in [0.5, 0.6) is 0 Å². The van der Waals surface area contributed by atoms with Crippen LogP contribution in [-0.4, -0.2) is 16.0 Å². The van der Waals surface area contributed by atoms with Gasteiger partial charge in [-0.25, -0.2) is 9.97 Å². The van der Waals surface area contributed by atoms with Crippen LogP contribution in [0.25, 0.3) is 0 Å². The average molecular weight is 245 g/mol. The highest BCUT2D eigenvalue weighted by atomic mass is 35.5. The minimum atomic E-state index is 0.353. The van der Waals surface area contributed by atoms with Crippen LogP contribution < -0.4 is 5.32 Å². The van der Waals surface area contributed by atoms with Gasteiger partial charge in [0.2, 0.25) is 5.95 Å². The fraction of sp³-hybridized carbons (Fsp3) is 0.231. The molecule has 0 fully saturated rings. The van der Waals surface area contributed by atoms with Crippen LogP contribution in [-0.2, 0) is 12.8 Å². The Balaban J connectivity index is 1.74. The molecule has 1 aliphatic carbocycles. The molecule has 0 saturated heterocycles. The first-order valence-electron chi connectivity index (χ1n) is 5.53. The predicted molar refractivity (Wildman–Crippen MR) is 67.1 cm³/mol. The van der Waals surface area contributed by atoms with Crippen LogP contribution in [0.3, 0.4) is 0 Å². The summed E-state index contributed by atoms with van der Waals surface area (Å²) in [5.41, 5.74) is 2.67. The lowest BCUT2D eigenvalue weighted by Gasteiger charge is -2.10. The monoisotopic (exact) mass is 244 g/mol. The topological polar surface area (TPSA) is 37.8 Å². The normalized spacial score (nSPS) is 17.8. The highest BCUT2D eigenvalue weighted by Crippen LogP contribution is 2.26. The van der Waals surface area contributed by atoms with Gasteiger partial charge in [-0.1, -0.05) is 17.7 Å². The highest BCUT2D eigenvalue weighted by Gasteiger charge is 2.21. The van der Waals surface area contributed by atoms with Gasteiger partial charge in [-0.3, -0.25) is 0 Å². The minimum absolute atomic E-state index is 0.353. The molecule has 85 valence electrons. The maximum absolute atomic E-state index is 5.98. The van der Waals surface area contributed by atoms with Crippen LogP contribution in [0.1, 0.15) is 11.1 Å². The van der Waals surface area contributed by atoms with Crippen LogP contribution in [0.2, 0.25) is 5.02 Å². The van der Waals surface area contributed by atoms with Crippen LogP contribution in [0.4, 0.5) is 5.95 Å². The molecule has 0 aliphatic heterocycles. The number of hydrogen-bond acceptors (Lipinski definition) is 3. The molecule has 1 radical (unpaired) electrons. The molecule has 0 amide bonds. The SMILES string of the molecule is Clc1ccc2c(c1)CC(Nc1nc[c]cn1)C2. The van der Waals surface area contributed by atoms with Gasteiger partial charge in [-0.15, -0.1) is 0 Å². The van der Waals surface area contributed by atoms with Crippen molar-refractivity contribution in [3.8, 4) is 0 Å². The zero-order valence-corrected chi connectivity index (χ0v) is 9.91. The molecule has 1 aromatic carbocycles. The number of benzene rings is 1. The Hall–Kier alpha value is -1.61. The summed E-state index contributed by atoms with van der Waals surface area (Å²) in [6.07, 6.45) is 5.20. The van der Waals surface area contributed by atoms with Gasteiger partial charge in [0.15, 0.2) is 0 Å². The second kappa shape index (κ2) is 4.34. The van der Waals surface area contributed by atoms with Gasteiger partial charge in [0.1, 0.15) is 0 Å². The van der Waals surface area contributed by atoms with Gasteiger partial charge < -0.3 is 5.32 Å².